The first-order valence-corrected chi connectivity index (χ1v) is 8.45. The molecule has 25 heavy (non-hydrogen) atoms. The Morgan fingerprint density at radius 3 is 2.52 bits per heavy atom. The van der Waals surface area contributed by atoms with Crippen LogP contribution in [0.1, 0.15) is 33.9 Å². The molecule has 1 amide bonds. The normalized spacial score (nSPS) is 15.4. The van der Waals surface area contributed by atoms with E-state index < -0.39 is 0 Å². The minimum Gasteiger partial charge on any atom is -0.451 e. The number of nitrogens with zero attached hydrogens (tertiary/aromatic N) is 2. The first-order chi connectivity index (χ1) is 12.2. The first-order valence-electron chi connectivity index (χ1n) is 8.45. The number of amides is 1. The maximum atomic E-state index is 12.7. The number of rotatable bonds is 3. The van der Waals surface area contributed by atoms with E-state index in [0.29, 0.717) is 43.0 Å². The Morgan fingerprint density at radius 1 is 1.04 bits per heavy atom. The van der Waals surface area contributed by atoms with Crippen molar-refractivity contribution in [3.05, 3.63) is 66.2 Å². The molecule has 1 aliphatic rings. The summed E-state index contributed by atoms with van der Waals surface area (Å²) in [6.45, 7) is 1.11. The van der Waals surface area contributed by atoms with Gasteiger partial charge < -0.3 is 9.32 Å². The highest BCUT2D eigenvalue weighted by molar-refractivity contribution is 5.97. The number of Topliss-reactive ketones (excluding diaryl/α,β-unsaturated/α-hetero) is 1. The molecule has 1 aromatic carbocycles. The molecule has 2 aromatic heterocycles. The van der Waals surface area contributed by atoms with E-state index in [1.165, 1.54) is 0 Å². The summed E-state index contributed by atoms with van der Waals surface area (Å²) >= 11 is 0. The van der Waals surface area contributed by atoms with Crippen LogP contribution in [-0.4, -0.2) is 34.7 Å². The number of furan rings is 1. The van der Waals surface area contributed by atoms with Gasteiger partial charge in [0.25, 0.3) is 5.91 Å². The molecular formula is C20H18N2O3. The summed E-state index contributed by atoms with van der Waals surface area (Å²) in [5, 5.41) is 0.922. The van der Waals surface area contributed by atoms with Gasteiger partial charge >= 0.3 is 0 Å². The highest BCUT2D eigenvalue weighted by atomic mass is 16.3. The zero-order valence-electron chi connectivity index (χ0n) is 13.7. The molecular weight excluding hydrogens is 316 g/mol. The van der Waals surface area contributed by atoms with Crippen molar-refractivity contribution in [1.29, 1.82) is 0 Å². The fourth-order valence-electron chi connectivity index (χ4n) is 3.31. The van der Waals surface area contributed by atoms with Gasteiger partial charge in [-0.25, -0.2) is 0 Å². The highest BCUT2D eigenvalue weighted by Gasteiger charge is 2.30. The number of aromatic nitrogens is 1. The van der Waals surface area contributed by atoms with Crippen LogP contribution in [0.5, 0.6) is 0 Å². The third-order valence-corrected chi connectivity index (χ3v) is 4.71. The number of benzene rings is 1. The summed E-state index contributed by atoms with van der Waals surface area (Å²) in [6, 6.07) is 14.7. The smallest absolute Gasteiger partial charge is 0.289 e. The second kappa shape index (κ2) is 6.51. The monoisotopic (exact) mass is 334 g/mol. The lowest BCUT2D eigenvalue weighted by molar-refractivity contribution is 0.0625. The van der Waals surface area contributed by atoms with Crippen LogP contribution >= 0.6 is 0 Å². The van der Waals surface area contributed by atoms with Gasteiger partial charge in [0, 0.05) is 30.6 Å². The average Bonchev–Trinajstić information content (AvgIpc) is 3.12. The van der Waals surface area contributed by atoms with E-state index in [9.17, 15) is 9.59 Å². The molecule has 1 fully saturated rings. The fourth-order valence-corrected chi connectivity index (χ4v) is 3.31. The molecule has 3 heterocycles. The van der Waals surface area contributed by atoms with Gasteiger partial charge in [0.2, 0.25) is 0 Å². The van der Waals surface area contributed by atoms with E-state index in [1.807, 2.05) is 30.3 Å². The van der Waals surface area contributed by atoms with Crippen LogP contribution in [0.4, 0.5) is 0 Å². The number of ketones is 1. The lowest BCUT2D eigenvalue weighted by atomic mass is 9.90. The maximum Gasteiger partial charge on any atom is 0.289 e. The zero-order valence-corrected chi connectivity index (χ0v) is 13.7. The van der Waals surface area contributed by atoms with E-state index in [4.69, 9.17) is 4.42 Å². The maximum absolute atomic E-state index is 12.7. The van der Waals surface area contributed by atoms with Crippen LogP contribution in [0.3, 0.4) is 0 Å². The van der Waals surface area contributed by atoms with E-state index >= 15 is 0 Å². The van der Waals surface area contributed by atoms with Gasteiger partial charge in [-0.1, -0.05) is 24.3 Å². The van der Waals surface area contributed by atoms with Gasteiger partial charge in [-0.05, 0) is 37.1 Å². The van der Waals surface area contributed by atoms with Gasteiger partial charge in [-0.15, -0.1) is 0 Å². The Hall–Kier alpha value is -2.95. The van der Waals surface area contributed by atoms with E-state index in [-0.39, 0.29) is 17.6 Å². The van der Waals surface area contributed by atoms with Crippen molar-refractivity contribution in [2.24, 2.45) is 5.92 Å². The summed E-state index contributed by atoms with van der Waals surface area (Å²) in [6.07, 6.45) is 2.94. The number of hydrogen-bond acceptors (Lipinski definition) is 4. The number of carbonyl (C=O) groups is 2. The molecule has 1 saturated heterocycles. The second-order valence-electron chi connectivity index (χ2n) is 6.29. The molecule has 0 radical (unpaired) electrons. The molecule has 4 rings (SSSR count). The number of fused-ring (bicyclic) bond motifs is 1. The predicted molar refractivity (Wildman–Crippen MR) is 93.4 cm³/mol. The first kappa shape index (κ1) is 15.6. The van der Waals surface area contributed by atoms with Crippen LogP contribution in [0.25, 0.3) is 11.0 Å². The van der Waals surface area contributed by atoms with Crippen molar-refractivity contribution in [1.82, 2.24) is 9.88 Å². The van der Waals surface area contributed by atoms with Gasteiger partial charge in [0.15, 0.2) is 11.5 Å². The molecule has 0 saturated carbocycles. The van der Waals surface area contributed by atoms with Crippen LogP contribution < -0.4 is 0 Å². The molecule has 0 unspecified atom stereocenters. The van der Waals surface area contributed by atoms with Gasteiger partial charge in [0.05, 0.1) is 0 Å². The van der Waals surface area contributed by atoms with Gasteiger partial charge in [0.1, 0.15) is 11.3 Å². The Morgan fingerprint density at radius 2 is 1.80 bits per heavy atom. The van der Waals surface area contributed by atoms with Crippen molar-refractivity contribution in [3.63, 3.8) is 0 Å². The van der Waals surface area contributed by atoms with Crippen LogP contribution in [-0.2, 0) is 0 Å². The molecule has 0 N–H and O–H groups in total. The summed E-state index contributed by atoms with van der Waals surface area (Å²) in [5.74, 6) is 0.238. The Labute approximate surface area is 145 Å². The summed E-state index contributed by atoms with van der Waals surface area (Å²) in [7, 11) is 0. The molecule has 1 aliphatic heterocycles. The Bertz CT molecular complexity index is 876. The molecule has 0 bridgehead atoms. The SMILES string of the molecule is O=C(c1ccccn1)C1CCN(C(=O)c2cc3ccccc3o2)CC1. The highest BCUT2D eigenvalue weighted by Crippen LogP contribution is 2.24. The fraction of sp³-hybridized carbons (Fsp3) is 0.250. The summed E-state index contributed by atoms with van der Waals surface area (Å²) < 4.78 is 5.66. The van der Waals surface area contributed by atoms with Crippen molar-refractivity contribution >= 4 is 22.7 Å². The van der Waals surface area contributed by atoms with Crippen molar-refractivity contribution in [3.8, 4) is 0 Å². The Kier molecular flexibility index (Phi) is 4.06. The molecule has 0 aliphatic carbocycles. The predicted octanol–water partition coefficient (Wildman–Crippen LogP) is 3.56. The third kappa shape index (κ3) is 3.05. The Balaban J connectivity index is 1.43. The van der Waals surface area contributed by atoms with E-state index in [1.54, 1.807) is 29.3 Å². The van der Waals surface area contributed by atoms with Crippen molar-refractivity contribution in [2.45, 2.75) is 12.8 Å². The van der Waals surface area contributed by atoms with E-state index in [0.717, 1.165) is 5.39 Å². The third-order valence-electron chi connectivity index (χ3n) is 4.71. The number of likely N-dealkylation sites (tertiary alicyclic amines) is 1. The molecule has 5 nitrogen and oxygen atoms in total. The average molecular weight is 334 g/mol. The van der Waals surface area contributed by atoms with Crippen LogP contribution in [0.15, 0.2) is 59.1 Å². The summed E-state index contributed by atoms with van der Waals surface area (Å²) in [5.41, 5.74) is 1.22. The van der Waals surface area contributed by atoms with Crippen LogP contribution in [0.2, 0.25) is 0 Å². The standard InChI is InChI=1S/C20H18N2O3/c23-19(16-6-3-4-10-21-16)14-8-11-22(12-9-14)20(24)18-13-15-5-1-2-7-17(15)25-18/h1-7,10,13-14H,8-9,11-12H2. The molecule has 3 aromatic rings. The zero-order chi connectivity index (χ0) is 17.2. The number of para-hydroxylation sites is 1. The van der Waals surface area contributed by atoms with Crippen molar-refractivity contribution in [2.75, 3.05) is 13.1 Å². The number of hydrogen-bond donors (Lipinski definition) is 0. The van der Waals surface area contributed by atoms with E-state index in [2.05, 4.69) is 4.98 Å². The second-order valence-corrected chi connectivity index (χ2v) is 6.29. The lowest BCUT2D eigenvalue weighted by Gasteiger charge is -2.30. The topological polar surface area (TPSA) is 63.4 Å². The lowest BCUT2D eigenvalue weighted by Crippen LogP contribution is -2.40. The summed E-state index contributed by atoms with van der Waals surface area (Å²) in [4.78, 5) is 31.0. The number of piperidine rings is 1. The minimum atomic E-state index is -0.111. The largest absolute Gasteiger partial charge is 0.451 e. The minimum absolute atomic E-state index is 0.0661. The van der Waals surface area contributed by atoms with Crippen LogP contribution in [0, 0.1) is 5.92 Å². The number of pyridine rings is 1. The molecule has 0 atom stereocenters. The molecule has 0 spiro atoms. The van der Waals surface area contributed by atoms with Crippen molar-refractivity contribution < 1.29 is 14.0 Å². The van der Waals surface area contributed by atoms with Gasteiger partial charge in [-0.2, -0.15) is 0 Å². The molecule has 126 valence electrons. The van der Waals surface area contributed by atoms with Gasteiger partial charge in [-0.3, -0.25) is 14.6 Å². The number of carbonyl (C=O) groups excluding carboxylic acids is 2. The molecule has 5 heteroatoms. The quantitative estimate of drug-likeness (QED) is 0.687.